The molecule has 1 atom stereocenters. The summed E-state index contributed by atoms with van der Waals surface area (Å²) in [6.07, 6.45) is 2.66. The van der Waals surface area contributed by atoms with E-state index in [1.165, 1.54) is 0 Å². The van der Waals surface area contributed by atoms with Crippen LogP contribution in [0.25, 0.3) is 0 Å². The van der Waals surface area contributed by atoms with E-state index in [1.54, 1.807) is 4.90 Å². The van der Waals surface area contributed by atoms with Crippen LogP contribution in [0.2, 0.25) is 0 Å². The van der Waals surface area contributed by atoms with Crippen LogP contribution in [-0.4, -0.2) is 53.8 Å². The summed E-state index contributed by atoms with van der Waals surface area (Å²) in [5.41, 5.74) is 5.45. The fraction of sp³-hybridized carbons (Fsp3) is 0.800. The minimum absolute atomic E-state index is 0.0239. The number of rotatable bonds is 3. The van der Waals surface area contributed by atoms with Crippen molar-refractivity contribution in [2.45, 2.75) is 25.3 Å². The van der Waals surface area contributed by atoms with E-state index >= 15 is 0 Å². The minimum Gasteiger partial charge on any atom is -0.343 e. The molecule has 2 rings (SSSR count). The maximum Gasteiger partial charge on any atom is 0.241 e. The van der Waals surface area contributed by atoms with Gasteiger partial charge in [-0.3, -0.25) is 9.59 Å². The van der Waals surface area contributed by atoms with Crippen molar-refractivity contribution in [3.05, 3.63) is 0 Å². The molecule has 15 heavy (non-hydrogen) atoms. The second kappa shape index (κ2) is 4.18. The molecule has 2 amide bonds. The molecule has 0 bridgehead atoms. The van der Waals surface area contributed by atoms with Crippen molar-refractivity contribution in [1.82, 2.24) is 9.80 Å². The molecule has 2 aliphatic heterocycles. The smallest absolute Gasteiger partial charge is 0.241 e. The Bertz CT molecular complexity index is 274. The number of hydrogen-bond acceptors (Lipinski definition) is 3. The third-order valence-corrected chi connectivity index (χ3v) is 3.10. The minimum atomic E-state index is -0.327. The van der Waals surface area contributed by atoms with E-state index in [1.807, 2.05) is 4.90 Å². The van der Waals surface area contributed by atoms with Gasteiger partial charge in [-0.1, -0.05) is 0 Å². The molecule has 0 saturated carbocycles. The molecule has 2 fully saturated rings. The number of nitrogens with two attached hydrogens (primary N) is 1. The largest absolute Gasteiger partial charge is 0.343 e. The highest BCUT2D eigenvalue weighted by molar-refractivity contribution is 5.88. The maximum absolute atomic E-state index is 11.6. The summed E-state index contributed by atoms with van der Waals surface area (Å²) in [7, 11) is 0. The Balaban J connectivity index is 1.69. The van der Waals surface area contributed by atoms with Gasteiger partial charge < -0.3 is 15.5 Å². The van der Waals surface area contributed by atoms with Crippen molar-refractivity contribution in [1.29, 1.82) is 0 Å². The molecule has 2 saturated heterocycles. The van der Waals surface area contributed by atoms with Crippen molar-refractivity contribution < 1.29 is 9.59 Å². The van der Waals surface area contributed by atoms with E-state index < -0.39 is 0 Å². The van der Waals surface area contributed by atoms with Crippen LogP contribution in [0.5, 0.6) is 0 Å². The van der Waals surface area contributed by atoms with Crippen LogP contribution in [-0.2, 0) is 9.59 Å². The van der Waals surface area contributed by atoms with Gasteiger partial charge in [-0.15, -0.1) is 0 Å². The second-order valence-corrected chi connectivity index (χ2v) is 4.23. The predicted molar refractivity (Wildman–Crippen MR) is 55.0 cm³/mol. The fourth-order valence-corrected chi connectivity index (χ4v) is 2.08. The van der Waals surface area contributed by atoms with E-state index in [9.17, 15) is 9.59 Å². The van der Waals surface area contributed by atoms with E-state index in [2.05, 4.69) is 0 Å². The number of amides is 2. The summed E-state index contributed by atoms with van der Waals surface area (Å²) in [5.74, 6) is 0.144. The Morgan fingerprint density at radius 1 is 1.40 bits per heavy atom. The molecule has 0 aliphatic carbocycles. The molecule has 2 N–H and O–H groups in total. The number of β-lactam (4-membered cyclic amide) rings is 1. The number of carbonyl (C=O) groups excluding carboxylic acids is 2. The van der Waals surface area contributed by atoms with Crippen molar-refractivity contribution in [3.8, 4) is 0 Å². The van der Waals surface area contributed by atoms with Crippen LogP contribution in [0.4, 0.5) is 0 Å². The molecule has 2 aliphatic rings. The normalized spacial score (nSPS) is 25.7. The summed E-state index contributed by atoms with van der Waals surface area (Å²) in [6, 6.07) is -0.327. The van der Waals surface area contributed by atoms with Crippen molar-refractivity contribution >= 4 is 11.8 Å². The van der Waals surface area contributed by atoms with Gasteiger partial charge in [0.05, 0.1) is 0 Å². The maximum atomic E-state index is 11.6. The first-order valence-electron chi connectivity index (χ1n) is 5.50. The van der Waals surface area contributed by atoms with Gasteiger partial charge in [-0.2, -0.15) is 0 Å². The average Bonchev–Trinajstić information content (AvgIpc) is 2.76. The molecule has 5 heteroatoms. The molecular formula is C10H17N3O2. The molecule has 0 aromatic heterocycles. The average molecular weight is 211 g/mol. The third kappa shape index (κ3) is 2.12. The van der Waals surface area contributed by atoms with Gasteiger partial charge in [0.1, 0.15) is 6.04 Å². The summed E-state index contributed by atoms with van der Waals surface area (Å²) in [5, 5.41) is 0. The van der Waals surface area contributed by atoms with Crippen LogP contribution >= 0.6 is 0 Å². The Hall–Kier alpha value is -1.10. The van der Waals surface area contributed by atoms with Crippen molar-refractivity contribution in [3.63, 3.8) is 0 Å². The van der Waals surface area contributed by atoms with Gasteiger partial charge in [0.15, 0.2) is 0 Å². The van der Waals surface area contributed by atoms with Crippen LogP contribution in [0, 0.1) is 0 Å². The van der Waals surface area contributed by atoms with Crippen LogP contribution in [0.15, 0.2) is 0 Å². The first-order valence-corrected chi connectivity index (χ1v) is 5.50. The lowest BCUT2D eigenvalue weighted by Crippen LogP contribution is -2.61. The summed E-state index contributed by atoms with van der Waals surface area (Å²) in [4.78, 5) is 26.3. The lowest BCUT2D eigenvalue weighted by molar-refractivity contribution is -0.143. The zero-order chi connectivity index (χ0) is 10.8. The number of nitrogens with zero attached hydrogens (tertiary/aromatic N) is 2. The lowest BCUT2D eigenvalue weighted by atomic mass is 10.1. The van der Waals surface area contributed by atoms with Crippen molar-refractivity contribution in [2.75, 3.05) is 26.2 Å². The zero-order valence-electron chi connectivity index (χ0n) is 8.82. The van der Waals surface area contributed by atoms with Gasteiger partial charge in [0, 0.05) is 32.6 Å². The summed E-state index contributed by atoms with van der Waals surface area (Å²) in [6.45, 7) is 2.90. The van der Waals surface area contributed by atoms with Gasteiger partial charge in [-0.05, 0) is 12.8 Å². The number of carbonyl (C=O) groups is 2. The fourth-order valence-electron chi connectivity index (χ4n) is 2.08. The third-order valence-electron chi connectivity index (χ3n) is 3.10. The standard InChI is InChI=1S/C10H17N3O2/c11-8-7-13(10(8)15)6-3-9(14)12-4-1-2-5-12/h8H,1-7,11H2. The van der Waals surface area contributed by atoms with Crippen molar-refractivity contribution in [2.24, 2.45) is 5.73 Å². The SMILES string of the molecule is NC1CN(CCC(=O)N2CCCC2)C1=O. The Kier molecular flexibility index (Phi) is 2.90. The Morgan fingerprint density at radius 3 is 2.60 bits per heavy atom. The topological polar surface area (TPSA) is 66.6 Å². The molecule has 2 heterocycles. The first kappa shape index (κ1) is 10.4. The number of hydrogen-bond donors (Lipinski definition) is 1. The first-order chi connectivity index (χ1) is 7.18. The summed E-state index contributed by atoms with van der Waals surface area (Å²) < 4.78 is 0. The van der Waals surface area contributed by atoms with Gasteiger partial charge in [-0.25, -0.2) is 0 Å². The van der Waals surface area contributed by atoms with Crippen LogP contribution < -0.4 is 5.73 Å². The second-order valence-electron chi connectivity index (χ2n) is 4.23. The highest BCUT2D eigenvalue weighted by Gasteiger charge is 2.33. The highest BCUT2D eigenvalue weighted by atomic mass is 16.2. The van der Waals surface area contributed by atoms with E-state index in [4.69, 9.17) is 5.73 Å². The van der Waals surface area contributed by atoms with Gasteiger partial charge in [0.25, 0.3) is 0 Å². The molecular weight excluding hydrogens is 194 g/mol. The van der Waals surface area contributed by atoms with Crippen LogP contribution in [0.1, 0.15) is 19.3 Å². The molecule has 1 unspecified atom stereocenters. The molecule has 0 aromatic rings. The molecule has 5 nitrogen and oxygen atoms in total. The van der Waals surface area contributed by atoms with Gasteiger partial charge in [0.2, 0.25) is 11.8 Å². The Labute approximate surface area is 89.2 Å². The molecule has 84 valence electrons. The monoisotopic (exact) mass is 211 g/mol. The van der Waals surface area contributed by atoms with E-state index in [0.29, 0.717) is 19.5 Å². The molecule has 0 aromatic carbocycles. The van der Waals surface area contributed by atoms with E-state index in [-0.39, 0.29) is 17.9 Å². The highest BCUT2D eigenvalue weighted by Crippen LogP contribution is 2.12. The number of likely N-dealkylation sites (tertiary alicyclic amines) is 2. The molecule has 0 radical (unpaired) electrons. The zero-order valence-corrected chi connectivity index (χ0v) is 8.82. The predicted octanol–water partition coefficient (Wildman–Crippen LogP) is -0.832. The Morgan fingerprint density at radius 2 is 2.07 bits per heavy atom. The van der Waals surface area contributed by atoms with Crippen LogP contribution in [0.3, 0.4) is 0 Å². The van der Waals surface area contributed by atoms with Gasteiger partial charge >= 0.3 is 0 Å². The quantitative estimate of drug-likeness (QED) is 0.619. The van der Waals surface area contributed by atoms with E-state index in [0.717, 1.165) is 25.9 Å². The summed E-state index contributed by atoms with van der Waals surface area (Å²) >= 11 is 0. The molecule has 0 spiro atoms. The lowest BCUT2D eigenvalue weighted by Gasteiger charge is -2.36.